The van der Waals surface area contributed by atoms with Crippen LogP contribution < -0.4 is 27.3 Å². The number of morpholine rings is 1. The van der Waals surface area contributed by atoms with Crippen molar-refractivity contribution in [3.8, 4) is 0 Å². The standard InChI is InChI=1S/C25H34F2N8O4S/c1-32(6-7-33-8-10-39-11-9-33)19-2-3-24(23(29)15-19)35(36)31-25(30)21-16-34(5-4-22(21)28)40(37,38)20-13-17(26)12-18(27)14-20/h2-3,12-15,35H,4-11,16,28-29H2,1H3,(H2,30,31). The molecule has 1 saturated heterocycles. The molecule has 2 aliphatic rings. The summed E-state index contributed by atoms with van der Waals surface area (Å²) in [6.07, 6.45) is 0.0877. The number of amidine groups is 1. The lowest BCUT2D eigenvalue weighted by Crippen LogP contribution is -2.97. The zero-order chi connectivity index (χ0) is 29.0. The van der Waals surface area contributed by atoms with E-state index in [-0.39, 0.29) is 48.0 Å². The van der Waals surface area contributed by atoms with Crippen LogP contribution in [0.2, 0.25) is 0 Å². The first-order valence-corrected chi connectivity index (χ1v) is 14.1. The van der Waals surface area contributed by atoms with Crippen molar-refractivity contribution in [1.29, 1.82) is 0 Å². The van der Waals surface area contributed by atoms with Gasteiger partial charge in [0, 0.05) is 81.8 Å². The molecule has 0 bridgehead atoms. The van der Waals surface area contributed by atoms with Crippen LogP contribution in [-0.2, 0) is 14.8 Å². The van der Waals surface area contributed by atoms with Crippen LogP contribution in [-0.4, -0.2) is 83.0 Å². The number of nitrogens with two attached hydrogens (primary N) is 3. The second kappa shape index (κ2) is 12.4. The zero-order valence-electron chi connectivity index (χ0n) is 22.1. The second-order valence-electron chi connectivity index (χ2n) is 9.65. The number of nitrogen functional groups attached to an aromatic ring is 1. The number of anilines is 2. The fraction of sp³-hybridized carbons (Fsp3) is 0.400. The molecule has 218 valence electrons. The van der Waals surface area contributed by atoms with E-state index in [1.165, 1.54) is 0 Å². The van der Waals surface area contributed by atoms with Crippen molar-refractivity contribution in [2.45, 2.75) is 11.3 Å². The largest absolute Gasteiger partial charge is 0.601 e. The summed E-state index contributed by atoms with van der Waals surface area (Å²) in [5.74, 6) is -2.31. The van der Waals surface area contributed by atoms with Crippen LogP contribution in [0, 0.1) is 16.8 Å². The van der Waals surface area contributed by atoms with E-state index in [1.807, 2.05) is 11.9 Å². The number of hydrogen-bond acceptors (Lipinski definition) is 9. The number of halogens is 2. The van der Waals surface area contributed by atoms with Crippen LogP contribution in [0.5, 0.6) is 0 Å². The predicted octanol–water partition coefficient (Wildman–Crippen LogP) is -0.0908. The minimum absolute atomic E-state index is 0.0372. The number of ether oxygens (including phenoxy) is 1. The van der Waals surface area contributed by atoms with Gasteiger partial charge in [0.15, 0.2) is 11.5 Å². The number of nitrogens with zero attached hydrogens (tertiary/aromatic N) is 4. The number of rotatable bonds is 9. The molecule has 2 aromatic carbocycles. The van der Waals surface area contributed by atoms with E-state index >= 15 is 0 Å². The van der Waals surface area contributed by atoms with Gasteiger partial charge in [-0.15, -0.1) is 0 Å². The first-order chi connectivity index (χ1) is 19.0. The smallest absolute Gasteiger partial charge is 0.243 e. The Morgan fingerprint density at radius 1 is 1.12 bits per heavy atom. The molecule has 2 heterocycles. The number of nitrogens with one attached hydrogen (secondary N) is 1. The van der Waals surface area contributed by atoms with E-state index in [0.717, 1.165) is 61.5 Å². The summed E-state index contributed by atoms with van der Waals surface area (Å²) in [4.78, 5) is 3.80. The lowest BCUT2D eigenvalue weighted by atomic mass is 10.1. The SMILES string of the molecule is CN(CCN1CCOCC1)c1ccc([NH+]([O-])N=C(N)C2=C(N)CCN(S(=O)(=O)c3cc(F)cc(F)c3)C2)c(N)c1. The average molecular weight is 581 g/mol. The summed E-state index contributed by atoms with van der Waals surface area (Å²) in [5, 5.41) is 16.2. The second-order valence-corrected chi connectivity index (χ2v) is 11.6. The number of quaternary nitrogens is 1. The minimum Gasteiger partial charge on any atom is -0.601 e. The van der Waals surface area contributed by atoms with E-state index in [1.54, 1.807) is 18.2 Å². The molecule has 0 radical (unpaired) electrons. The molecule has 1 atom stereocenters. The van der Waals surface area contributed by atoms with Crippen molar-refractivity contribution in [1.82, 2.24) is 9.21 Å². The average Bonchev–Trinajstić information content (AvgIpc) is 2.91. The minimum atomic E-state index is -4.28. The molecule has 2 aliphatic heterocycles. The molecule has 0 amide bonds. The van der Waals surface area contributed by atoms with Crippen molar-refractivity contribution >= 4 is 32.9 Å². The Labute approximate surface area is 231 Å². The van der Waals surface area contributed by atoms with E-state index in [4.69, 9.17) is 21.9 Å². The van der Waals surface area contributed by atoms with Gasteiger partial charge in [0.05, 0.1) is 23.8 Å². The molecule has 4 rings (SSSR count). The molecular formula is C25H34F2N8O4S. The van der Waals surface area contributed by atoms with Crippen LogP contribution in [0.15, 0.2) is 57.7 Å². The number of benzene rings is 2. The highest BCUT2D eigenvalue weighted by atomic mass is 32.2. The van der Waals surface area contributed by atoms with E-state index < -0.39 is 31.7 Å². The fourth-order valence-corrected chi connectivity index (χ4v) is 5.95. The molecule has 0 aromatic heterocycles. The van der Waals surface area contributed by atoms with Crippen molar-refractivity contribution in [2.75, 3.05) is 70.2 Å². The Hall–Kier alpha value is -3.34. The summed E-state index contributed by atoms with van der Waals surface area (Å²) in [7, 11) is -2.34. The van der Waals surface area contributed by atoms with Crippen LogP contribution >= 0.6 is 0 Å². The third-order valence-corrected chi connectivity index (χ3v) is 8.74. The topological polar surface area (TPSA) is 171 Å². The lowest BCUT2D eigenvalue weighted by molar-refractivity contribution is -0.782. The molecule has 1 unspecified atom stereocenters. The lowest BCUT2D eigenvalue weighted by Gasteiger charge is -2.29. The Kier molecular flexibility index (Phi) is 9.22. The summed E-state index contributed by atoms with van der Waals surface area (Å²) in [5.41, 5.74) is 19.9. The summed E-state index contributed by atoms with van der Waals surface area (Å²) < 4.78 is 59.8. The molecule has 15 heteroatoms. The summed E-state index contributed by atoms with van der Waals surface area (Å²) >= 11 is 0. The van der Waals surface area contributed by atoms with Gasteiger partial charge in [0.2, 0.25) is 10.0 Å². The Bertz CT molecular complexity index is 1380. The van der Waals surface area contributed by atoms with Gasteiger partial charge in [-0.25, -0.2) is 22.4 Å². The van der Waals surface area contributed by atoms with Gasteiger partial charge < -0.3 is 32.0 Å². The van der Waals surface area contributed by atoms with Gasteiger partial charge >= 0.3 is 0 Å². The predicted molar refractivity (Wildman–Crippen MR) is 148 cm³/mol. The number of hydrogen-bond donors (Lipinski definition) is 4. The van der Waals surface area contributed by atoms with Crippen molar-refractivity contribution in [2.24, 2.45) is 16.6 Å². The molecule has 7 N–H and O–H groups in total. The third kappa shape index (κ3) is 6.86. The normalized spacial score (nSPS) is 18.6. The Morgan fingerprint density at radius 3 is 2.45 bits per heavy atom. The maximum Gasteiger partial charge on any atom is 0.243 e. The van der Waals surface area contributed by atoms with Crippen molar-refractivity contribution in [3.63, 3.8) is 0 Å². The fourth-order valence-electron chi connectivity index (χ4n) is 4.49. The van der Waals surface area contributed by atoms with Crippen LogP contribution in [0.1, 0.15) is 6.42 Å². The summed E-state index contributed by atoms with van der Waals surface area (Å²) in [6.45, 7) is 4.47. The van der Waals surface area contributed by atoms with Crippen molar-refractivity contribution in [3.05, 3.63) is 64.5 Å². The molecule has 12 nitrogen and oxygen atoms in total. The Morgan fingerprint density at radius 2 is 1.80 bits per heavy atom. The number of sulfonamides is 1. The maximum absolute atomic E-state index is 13.7. The highest BCUT2D eigenvalue weighted by Gasteiger charge is 2.31. The van der Waals surface area contributed by atoms with Gasteiger partial charge in [-0.3, -0.25) is 4.90 Å². The molecule has 0 aliphatic carbocycles. The summed E-state index contributed by atoms with van der Waals surface area (Å²) in [6, 6.07) is 7.04. The van der Waals surface area contributed by atoms with Gasteiger partial charge in [0.25, 0.3) is 0 Å². The molecule has 2 aromatic rings. The first kappa shape index (κ1) is 29.6. The molecular weight excluding hydrogens is 546 g/mol. The zero-order valence-corrected chi connectivity index (χ0v) is 23.0. The molecule has 1 fully saturated rings. The van der Waals surface area contributed by atoms with E-state index in [2.05, 4.69) is 10.0 Å². The van der Waals surface area contributed by atoms with Crippen LogP contribution in [0.25, 0.3) is 0 Å². The van der Waals surface area contributed by atoms with Gasteiger partial charge in [-0.2, -0.15) is 4.31 Å². The Balaban J connectivity index is 1.46. The van der Waals surface area contributed by atoms with Gasteiger partial charge in [-0.05, 0) is 24.3 Å². The quantitative estimate of drug-likeness (QED) is 0.137. The molecule has 0 saturated carbocycles. The highest BCUT2D eigenvalue weighted by Crippen LogP contribution is 2.25. The first-order valence-electron chi connectivity index (χ1n) is 12.7. The van der Waals surface area contributed by atoms with Crippen LogP contribution in [0.4, 0.5) is 25.8 Å². The number of likely N-dealkylation sites (N-methyl/N-ethyl adjacent to an activating group) is 1. The van der Waals surface area contributed by atoms with E-state index in [0.29, 0.717) is 6.07 Å². The van der Waals surface area contributed by atoms with Gasteiger partial charge in [-0.1, -0.05) is 5.10 Å². The van der Waals surface area contributed by atoms with Gasteiger partial charge in [0.1, 0.15) is 11.6 Å². The highest BCUT2D eigenvalue weighted by molar-refractivity contribution is 7.89. The third-order valence-electron chi connectivity index (χ3n) is 6.92. The van der Waals surface area contributed by atoms with Crippen LogP contribution in [0.3, 0.4) is 0 Å². The molecule has 0 spiro atoms. The molecule has 40 heavy (non-hydrogen) atoms. The van der Waals surface area contributed by atoms with E-state index in [9.17, 15) is 22.4 Å². The van der Waals surface area contributed by atoms with Crippen molar-refractivity contribution < 1.29 is 27.1 Å². The monoisotopic (exact) mass is 580 g/mol. The maximum atomic E-state index is 13.7.